The number of nitrogens with zero attached hydrogens (tertiary/aromatic N) is 1. The maximum Gasteiger partial charge on any atom is 0.251 e. The monoisotopic (exact) mass is 378 g/mol. The molecule has 0 saturated heterocycles. The minimum absolute atomic E-state index is 0.199. The number of hydrogen-bond acceptors (Lipinski definition) is 4. The summed E-state index contributed by atoms with van der Waals surface area (Å²) < 4.78 is 11.5. The maximum atomic E-state index is 12.3. The van der Waals surface area contributed by atoms with Gasteiger partial charge in [0, 0.05) is 11.3 Å². The number of amides is 1. The summed E-state index contributed by atoms with van der Waals surface area (Å²) in [6.45, 7) is 4.69. The molecule has 0 atom stereocenters. The zero-order chi connectivity index (χ0) is 16.8. The third-order valence-corrected chi connectivity index (χ3v) is 3.75. The van der Waals surface area contributed by atoms with E-state index in [0.29, 0.717) is 34.7 Å². The Hall–Kier alpha value is -2.08. The zero-order valence-electron chi connectivity index (χ0n) is 13.4. The van der Waals surface area contributed by atoms with E-state index >= 15 is 0 Å². The van der Waals surface area contributed by atoms with Gasteiger partial charge in [-0.05, 0) is 54.0 Å². The Labute approximate surface area is 144 Å². The number of nitrogens with one attached hydrogen (secondary N) is 1. The van der Waals surface area contributed by atoms with Crippen LogP contribution in [0, 0.1) is 6.92 Å². The number of methoxy groups -OCH3 is 1. The quantitative estimate of drug-likeness (QED) is 0.835. The molecule has 0 unspecified atom stereocenters. The number of carbonyl (C=O) groups is 1. The molecule has 0 radical (unpaired) electrons. The molecule has 23 heavy (non-hydrogen) atoms. The first-order valence-corrected chi connectivity index (χ1v) is 8.05. The first kappa shape index (κ1) is 17.3. The lowest BCUT2D eigenvalue weighted by Crippen LogP contribution is -2.23. The zero-order valence-corrected chi connectivity index (χ0v) is 14.9. The van der Waals surface area contributed by atoms with Crippen LogP contribution < -0.4 is 14.8 Å². The van der Waals surface area contributed by atoms with Gasteiger partial charge in [-0.2, -0.15) is 0 Å². The van der Waals surface area contributed by atoms with Gasteiger partial charge in [-0.25, -0.2) is 0 Å². The Balaban J connectivity index is 2.14. The minimum atomic E-state index is -0.199. The van der Waals surface area contributed by atoms with E-state index in [1.54, 1.807) is 19.2 Å². The molecular weight excluding hydrogens is 360 g/mol. The molecule has 0 fully saturated rings. The van der Waals surface area contributed by atoms with Gasteiger partial charge in [0.25, 0.3) is 5.91 Å². The molecule has 1 aromatic heterocycles. The molecule has 6 heteroatoms. The third-order valence-electron chi connectivity index (χ3n) is 3.16. The lowest BCUT2D eigenvalue weighted by molar-refractivity contribution is 0.0950. The molecule has 0 spiro atoms. The normalized spacial score (nSPS) is 10.3. The first-order valence-electron chi connectivity index (χ1n) is 7.26. The van der Waals surface area contributed by atoms with Crippen molar-refractivity contribution in [2.75, 3.05) is 13.7 Å². The summed E-state index contributed by atoms with van der Waals surface area (Å²) in [4.78, 5) is 16.7. The van der Waals surface area contributed by atoms with Crippen molar-refractivity contribution < 1.29 is 14.3 Å². The summed E-state index contributed by atoms with van der Waals surface area (Å²) >= 11 is 3.42. The van der Waals surface area contributed by atoms with Crippen LogP contribution in [0.25, 0.3) is 0 Å². The molecule has 1 amide bonds. The van der Waals surface area contributed by atoms with Gasteiger partial charge in [0.2, 0.25) is 0 Å². The molecule has 1 heterocycles. The molecule has 5 nitrogen and oxygen atoms in total. The molecule has 0 aliphatic carbocycles. The van der Waals surface area contributed by atoms with Gasteiger partial charge in [-0.3, -0.25) is 9.78 Å². The summed E-state index contributed by atoms with van der Waals surface area (Å²) in [6, 6.07) is 9.09. The maximum absolute atomic E-state index is 12.3. The van der Waals surface area contributed by atoms with Crippen LogP contribution in [0.2, 0.25) is 0 Å². The van der Waals surface area contributed by atoms with Gasteiger partial charge < -0.3 is 14.8 Å². The highest BCUT2D eigenvalue weighted by Gasteiger charge is 2.15. The first-order chi connectivity index (χ1) is 11.0. The molecule has 122 valence electrons. The summed E-state index contributed by atoms with van der Waals surface area (Å²) in [5.74, 6) is 0.905. The highest BCUT2D eigenvalue weighted by molar-refractivity contribution is 9.10. The lowest BCUT2D eigenvalue weighted by Gasteiger charge is -2.13. The number of benzene rings is 1. The van der Waals surface area contributed by atoms with Crippen molar-refractivity contribution in [1.29, 1.82) is 0 Å². The van der Waals surface area contributed by atoms with E-state index in [1.165, 1.54) is 0 Å². The van der Waals surface area contributed by atoms with E-state index < -0.39 is 0 Å². The number of pyridine rings is 1. The summed E-state index contributed by atoms with van der Waals surface area (Å²) in [5.41, 5.74) is 2.22. The topological polar surface area (TPSA) is 60.5 Å². The summed E-state index contributed by atoms with van der Waals surface area (Å²) in [7, 11) is 1.54. The lowest BCUT2D eigenvalue weighted by atomic mass is 10.2. The molecule has 0 aliphatic rings. The molecule has 1 aromatic carbocycles. The largest absolute Gasteiger partial charge is 0.493 e. The second-order valence-electron chi connectivity index (χ2n) is 4.88. The Morgan fingerprint density at radius 1 is 1.35 bits per heavy atom. The molecule has 1 N–H and O–H groups in total. The molecule has 0 saturated carbocycles. The number of carbonyl (C=O) groups excluding carboxylic acids is 1. The van der Waals surface area contributed by atoms with Crippen LogP contribution in [0.15, 0.2) is 34.8 Å². The van der Waals surface area contributed by atoms with E-state index in [9.17, 15) is 4.79 Å². The van der Waals surface area contributed by atoms with Crippen molar-refractivity contribution in [3.05, 3.63) is 51.8 Å². The van der Waals surface area contributed by atoms with E-state index in [1.807, 2.05) is 32.0 Å². The van der Waals surface area contributed by atoms with Gasteiger partial charge in [-0.15, -0.1) is 0 Å². The van der Waals surface area contributed by atoms with Crippen molar-refractivity contribution in [1.82, 2.24) is 10.3 Å². The predicted molar refractivity (Wildman–Crippen MR) is 92.0 cm³/mol. The van der Waals surface area contributed by atoms with Crippen molar-refractivity contribution in [2.24, 2.45) is 0 Å². The van der Waals surface area contributed by atoms with E-state index in [2.05, 4.69) is 26.2 Å². The molecule has 2 aromatic rings. The minimum Gasteiger partial charge on any atom is -0.493 e. The van der Waals surface area contributed by atoms with Crippen LogP contribution in [-0.2, 0) is 6.54 Å². The molecular formula is C17H19BrN2O3. The van der Waals surface area contributed by atoms with Crippen LogP contribution in [0.3, 0.4) is 0 Å². The predicted octanol–water partition coefficient (Wildman–Crippen LogP) is 3.49. The summed E-state index contributed by atoms with van der Waals surface area (Å²) in [6.07, 6.45) is 0. The summed E-state index contributed by atoms with van der Waals surface area (Å²) in [5, 5.41) is 2.85. The van der Waals surface area contributed by atoms with Crippen LogP contribution >= 0.6 is 15.9 Å². The number of rotatable bonds is 6. The third kappa shape index (κ3) is 4.45. The molecule has 0 aliphatic heterocycles. The van der Waals surface area contributed by atoms with Crippen molar-refractivity contribution >= 4 is 21.8 Å². The highest BCUT2D eigenvalue weighted by atomic mass is 79.9. The van der Waals surface area contributed by atoms with Crippen LogP contribution in [0.1, 0.15) is 28.7 Å². The smallest absolute Gasteiger partial charge is 0.251 e. The van der Waals surface area contributed by atoms with Gasteiger partial charge in [0.05, 0.1) is 30.4 Å². The van der Waals surface area contributed by atoms with Gasteiger partial charge >= 0.3 is 0 Å². The number of aryl methyl sites for hydroxylation is 1. The average Bonchev–Trinajstić information content (AvgIpc) is 2.54. The van der Waals surface area contributed by atoms with Crippen LogP contribution in [0.4, 0.5) is 0 Å². The number of halogens is 1. The van der Waals surface area contributed by atoms with E-state index in [4.69, 9.17) is 9.47 Å². The molecule has 0 bridgehead atoms. The van der Waals surface area contributed by atoms with Crippen molar-refractivity contribution in [3.63, 3.8) is 0 Å². The van der Waals surface area contributed by atoms with Crippen LogP contribution in [0.5, 0.6) is 11.5 Å². The second-order valence-corrected chi connectivity index (χ2v) is 5.73. The SMILES string of the molecule is CCOc1c(Br)cc(C(=O)NCc2cccc(C)n2)cc1OC. The average molecular weight is 379 g/mol. The second kappa shape index (κ2) is 7.97. The Morgan fingerprint density at radius 3 is 2.78 bits per heavy atom. The number of aromatic nitrogens is 1. The van der Waals surface area contributed by atoms with Gasteiger partial charge in [0.1, 0.15) is 0 Å². The fraction of sp³-hybridized carbons (Fsp3) is 0.294. The van der Waals surface area contributed by atoms with Crippen molar-refractivity contribution in [3.8, 4) is 11.5 Å². The Bertz CT molecular complexity index is 704. The van der Waals surface area contributed by atoms with Crippen molar-refractivity contribution in [2.45, 2.75) is 20.4 Å². The fourth-order valence-electron chi connectivity index (χ4n) is 2.11. The van der Waals surface area contributed by atoms with Crippen LogP contribution in [-0.4, -0.2) is 24.6 Å². The Morgan fingerprint density at radius 2 is 2.13 bits per heavy atom. The number of ether oxygens (including phenoxy) is 2. The van der Waals surface area contributed by atoms with E-state index in [-0.39, 0.29) is 5.91 Å². The van der Waals surface area contributed by atoms with E-state index in [0.717, 1.165) is 11.4 Å². The highest BCUT2D eigenvalue weighted by Crippen LogP contribution is 2.36. The fourth-order valence-corrected chi connectivity index (χ4v) is 2.66. The standard InChI is InChI=1S/C17H19BrN2O3/c1-4-23-16-14(18)8-12(9-15(16)22-3)17(21)19-10-13-7-5-6-11(2)20-13/h5-9H,4,10H2,1-3H3,(H,19,21). The van der Waals surface area contributed by atoms with Gasteiger partial charge in [-0.1, -0.05) is 6.07 Å². The molecule has 2 rings (SSSR count). The number of hydrogen-bond donors (Lipinski definition) is 1. The van der Waals surface area contributed by atoms with Gasteiger partial charge in [0.15, 0.2) is 11.5 Å². The Kier molecular flexibility index (Phi) is 5.98.